The van der Waals surface area contributed by atoms with E-state index in [2.05, 4.69) is 6.92 Å². The molecule has 1 aliphatic heterocycles. The van der Waals surface area contributed by atoms with Crippen molar-refractivity contribution in [3.63, 3.8) is 0 Å². The van der Waals surface area contributed by atoms with Gasteiger partial charge in [0.2, 0.25) is 0 Å². The van der Waals surface area contributed by atoms with Gasteiger partial charge in [-0.15, -0.1) is 11.8 Å². The maximum Gasteiger partial charge on any atom is 0.416 e. The Morgan fingerprint density at radius 3 is 2.56 bits per heavy atom. The van der Waals surface area contributed by atoms with E-state index in [1.54, 1.807) is 6.07 Å². The van der Waals surface area contributed by atoms with E-state index >= 15 is 0 Å². The molecule has 8 heteroatoms. The van der Waals surface area contributed by atoms with Crippen molar-refractivity contribution in [2.45, 2.75) is 69.1 Å². The molecule has 2 aromatic rings. The van der Waals surface area contributed by atoms with E-state index in [1.807, 2.05) is 0 Å². The van der Waals surface area contributed by atoms with Crippen molar-refractivity contribution >= 4 is 17.7 Å². The van der Waals surface area contributed by atoms with Gasteiger partial charge in [0.15, 0.2) is 0 Å². The maximum absolute atomic E-state index is 13.4. The van der Waals surface area contributed by atoms with E-state index in [0.717, 1.165) is 49.8 Å². The molecular formula is C24H28F3NO3S. The number of methoxy groups -OCH3 is 1. The number of ether oxygens (including phenoxy) is 1. The molecule has 0 unspecified atom stereocenters. The summed E-state index contributed by atoms with van der Waals surface area (Å²) < 4.78 is 46.3. The third-order valence-electron chi connectivity index (χ3n) is 5.73. The van der Waals surface area contributed by atoms with Gasteiger partial charge in [-0.1, -0.05) is 51.2 Å². The van der Waals surface area contributed by atoms with E-state index in [-0.39, 0.29) is 5.56 Å². The summed E-state index contributed by atoms with van der Waals surface area (Å²) in [4.78, 5) is 25.1. The van der Waals surface area contributed by atoms with E-state index in [9.17, 15) is 22.8 Å². The second-order valence-electron chi connectivity index (χ2n) is 8.00. The van der Waals surface area contributed by atoms with E-state index in [1.165, 1.54) is 42.0 Å². The topological polar surface area (TPSA) is 48.3 Å². The lowest BCUT2D eigenvalue weighted by molar-refractivity contribution is -0.144. The van der Waals surface area contributed by atoms with Crippen molar-refractivity contribution in [3.05, 3.63) is 51.8 Å². The molecule has 0 N–H and O–H groups in total. The molecule has 3 rings (SSSR count). The van der Waals surface area contributed by atoms with Gasteiger partial charge >= 0.3 is 12.1 Å². The van der Waals surface area contributed by atoms with Gasteiger partial charge in [0, 0.05) is 17.4 Å². The molecule has 0 bridgehead atoms. The van der Waals surface area contributed by atoms with Crippen LogP contribution in [-0.2, 0) is 22.1 Å². The van der Waals surface area contributed by atoms with Crippen LogP contribution in [0.15, 0.2) is 40.2 Å². The molecule has 0 fully saturated rings. The second-order valence-corrected chi connectivity index (χ2v) is 9.01. The first kappa shape index (κ1) is 24.4. The molecule has 174 valence electrons. The van der Waals surface area contributed by atoms with Crippen molar-refractivity contribution in [2.24, 2.45) is 0 Å². The standard InChI is InChI=1S/C24H28F3NO3S/c1-3-4-5-6-7-8-10-17-14-20(29)28-19(23(30)31-2)15-32-22(28)21(17)16-11-9-12-18(13-16)24(25,26)27/h9,11-14,19H,3-8,10,15H2,1-2H3/t19-/m0/s1. The van der Waals surface area contributed by atoms with Gasteiger partial charge in [0.05, 0.1) is 17.7 Å². The Morgan fingerprint density at radius 1 is 1.16 bits per heavy atom. The Hall–Kier alpha value is -2.22. The van der Waals surface area contributed by atoms with Crippen molar-refractivity contribution < 1.29 is 22.7 Å². The summed E-state index contributed by atoms with van der Waals surface area (Å²) in [5.74, 6) is -0.217. The van der Waals surface area contributed by atoms with Gasteiger partial charge in [-0.25, -0.2) is 4.79 Å². The number of hydrogen-bond donors (Lipinski definition) is 0. The summed E-state index contributed by atoms with van der Waals surface area (Å²) in [6, 6.07) is 5.88. The zero-order chi connectivity index (χ0) is 23.3. The Labute approximate surface area is 190 Å². The number of aryl methyl sites for hydroxylation is 1. The molecule has 1 atom stereocenters. The molecule has 2 heterocycles. The normalized spacial score (nSPS) is 15.6. The molecule has 1 aromatic heterocycles. The quantitative estimate of drug-likeness (QED) is 0.323. The molecular weight excluding hydrogens is 439 g/mol. The van der Waals surface area contributed by atoms with Crippen LogP contribution >= 0.6 is 11.8 Å². The average molecular weight is 468 g/mol. The number of pyridine rings is 1. The van der Waals surface area contributed by atoms with E-state index < -0.39 is 23.8 Å². The van der Waals surface area contributed by atoms with E-state index in [4.69, 9.17) is 4.74 Å². The van der Waals surface area contributed by atoms with Crippen LogP contribution < -0.4 is 5.56 Å². The predicted octanol–water partition coefficient (Wildman–Crippen LogP) is 6.26. The minimum Gasteiger partial charge on any atom is -0.467 e. The number of aromatic nitrogens is 1. The first-order chi connectivity index (χ1) is 15.3. The number of carbonyl (C=O) groups is 1. The summed E-state index contributed by atoms with van der Waals surface area (Å²) in [6.45, 7) is 2.15. The highest BCUT2D eigenvalue weighted by molar-refractivity contribution is 7.99. The number of halogens is 3. The minimum atomic E-state index is -4.47. The first-order valence-corrected chi connectivity index (χ1v) is 11.9. The number of rotatable bonds is 9. The molecule has 0 spiro atoms. The number of alkyl halides is 3. The molecule has 1 aliphatic rings. The molecule has 0 saturated carbocycles. The molecule has 4 nitrogen and oxygen atoms in total. The minimum absolute atomic E-state index is 0.314. The summed E-state index contributed by atoms with van der Waals surface area (Å²) in [7, 11) is 1.26. The van der Waals surface area contributed by atoms with Gasteiger partial charge in [-0.3, -0.25) is 9.36 Å². The Kier molecular flexibility index (Phi) is 8.09. The van der Waals surface area contributed by atoms with Gasteiger partial charge in [-0.05, 0) is 36.1 Å². The molecule has 0 saturated heterocycles. The molecule has 0 aliphatic carbocycles. The highest BCUT2D eigenvalue weighted by Gasteiger charge is 2.35. The summed E-state index contributed by atoms with van der Waals surface area (Å²) in [6.07, 6.45) is 2.57. The zero-order valence-electron chi connectivity index (χ0n) is 18.3. The second kappa shape index (κ2) is 10.6. The smallest absolute Gasteiger partial charge is 0.416 e. The van der Waals surface area contributed by atoms with Crippen LogP contribution in [0.1, 0.15) is 62.6 Å². The third-order valence-corrected chi connectivity index (χ3v) is 6.89. The lowest BCUT2D eigenvalue weighted by atomic mass is 9.95. The first-order valence-electron chi connectivity index (χ1n) is 10.9. The zero-order valence-corrected chi connectivity index (χ0v) is 19.2. The van der Waals surface area contributed by atoms with Crippen LogP contribution in [0.25, 0.3) is 11.1 Å². The lowest BCUT2D eigenvalue weighted by Crippen LogP contribution is -2.30. The molecule has 32 heavy (non-hydrogen) atoms. The lowest BCUT2D eigenvalue weighted by Gasteiger charge is -2.18. The summed E-state index contributed by atoms with van der Waals surface area (Å²) in [5.41, 5.74) is 0.687. The van der Waals surface area contributed by atoms with Gasteiger partial charge in [-0.2, -0.15) is 13.2 Å². The Morgan fingerprint density at radius 2 is 1.88 bits per heavy atom. The third kappa shape index (κ3) is 5.39. The van der Waals surface area contributed by atoms with E-state index in [0.29, 0.717) is 28.3 Å². The number of carbonyl (C=O) groups excluding carboxylic acids is 1. The highest BCUT2D eigenvalue weighted by Crippen LogP contribution is 2.42. The molecule has 1 aromatic carbocycles. The molecule has 0 radical (unpaired) electrons. The fourth-order valence-corrected chi connectivity index (χ4v) is 5.43. The van der Waals surface area contributed by atoms with Crippen molar-refractivity contribution in [1.82, 2.24) is 4.57 Å². The average Bonchev–Trinajstić information content (AvgIpc) is 3.21. The van der Waals surface area contributed by atoms with Crippen LogP contribution in [0.3, 0.4) is 0 Å². The van der Waals surface area contributed by atoms with Crippen molar-refractivity contribution in [2.75, 3.05) is 12.9 Å². The maximum atomic E-state index is 13.4. The van der Waals surface area contributed by atoms with Gasteiger partial charge < -0.3 is 4.74 Å². The number of nitrogens with zero attached hydrogens (tertiary/aromatic N) is 1. The summed E-state index contributed by atoms with van der Waals surface area (Å²) >= 11 is 1.31. The number of thioether (sulfide) groups is 1. The monoisotopic (exact) mass is 467 g/mol. The summed E-state index contributed by atoms with van der Waals surface area (Å²) in [5, 5.41) is 0.535. The number of benzene rings is 1. The van der Waals surface area contributed by atoms with Crippen molar-refractivity contribution in [3.8, 4) is 11.1 Å². The Balaban J connectivity index is 2.04. The Bertz CT molecular complexity index is 1020. The van der Waals surface area contributed by atoms with Crippen LogP contribution in [0.2, 0.25) is 0 Å². The number of fused-ring (bicyclic) bond motifs is 1. The van der Waals surface area contributed by atoms with Crippen LogP contribution in [0, 0.1) is 0 Å². The van der Waals surface area contributed by atoms with Crippen molar-refractivity contribution in [1.29, 1.82) is 0 Å². The predicted molar refractivity (Wildman–Crippen MR) is 120 cm³/mol. The largest absolute Gasteiger partial charge is 0.467 e. The SMILES string of the molecule is CCCCCCCCc1cc(=O)n2c(c1-c1cccc(C(F)(F)F)c1)SC[C@H]2C(=O)OC. The fraction of sp³-hybridized carbons (Fsp3) is 0.500. The highest BCUT2D eigenvalue weighted by atomic mass is 32.2. The van der Waals surface area contributed by atoms with Gasteiger partial charge in [0.1, 0.15) is 6.04 Å². The fourth-order valence-electron chi connectivity index (χ4n) is 4.08. The van der Waals surface area contributed by atoms with Gasteiger partial charge in [0.25, 0.3) is 5.56 Å². The molecule has 0 amide bonds. The van der Waals surface area contributed by atoms with Crippen LogP contribution in [-0.4, -0.2) is 23.4 Å². The van der Waals surface area contributed by atoms with Crippen LogP contribution in [0.4, 0.5) is 13.2 Å². The number of unbranched alkanes of at least 4 members (excludes halogenated alkanes) is 5. The van der Waals surface area contributed by atoms with Crippen LogP contribution in [0.5, 0.6) is 0 Å². The number of esters is 1. The number of hydrogen-bond acceptors (Lipinski definition) is 4.